The first-order valence-corrected chi connectivity index (χ1v) is 2.19. The molecule has 0 aliphatic rings. The second-order valence-corrected chi connectivity index (χ2v) is 1.34. The average Bonchev–Trinajstić information content (AvgIpc) is 0.722. The third-order valence-electron chi connectivity index (χ3n) is 0. The van der Waals surface area contributed by atoms with E-state index < -0.39 is 7.82 Å². The Labute approximate surface area is 51.8 Å². The maximum absolute atomic E-state index is 8.55. The zero-order chi connectivity index (χ0) is 4.50. The van der Waals surface area contributed by atoms with E-state index in [0.29, 0.717) is 0 Å². The first kappa shape index (κ1) is 15.6. The Morgan fingerprint density at radius 2 is 1.14 bits per heavy atom. The third-order valence-corrected chi connectivity index (χ3v) is 0. The maximum Gasteiger partial charge on any atom is 0 e. The van der Waals surface area contributed by atoms with Gasteiger partial charge in [-0.1, -0.05) is 0 Å². The average molecular weight is 164 g/mol. The molecule has 45 valence electrons. The summed E-state index contributed by atoms with van der Waals surface area (Å²) in [5, 5.41) is 0. The van der Waals surface area contributed by atoms with Gasteiger partial charge in [0.15, 0.2) is 0 Å². The summed E-state index contributed by atoms with van der Waals surface area (Å²) in [7, 11) is -5.39. The van der Waals surface area contributed by atoms with Crippen molar-refractivity contribution in [2.75, 3.05) is 0 Å². The first-order valence-electron chi connectivity index (χ1n) is 0.730. The smallest absolute Gasteiger partial charge is 0 e. The van der Waals surface area contributed by atoms with Crippen LogP contribution in [0.4, 0.5) is 0 Å². The summed E-state index contributed by atoms with van der Waals surface area (Å²) in [4.78, 5) is 25.6. The van der Waals surface area contributed by atoms with E-state index in [-0.39, 0.29) is 24.0 Å². The molecular formula is H2O5PV-3. The number of hydrogen-bond acceptors (Lipinski definition) is 4. The molecule has 2 N–H and O–H groups in total. The van der Waals surface area contributed by atoms with Gasteiger partial charge in [-0.3, -0.25) is 0 Å². The molecule has 0 aliphatic heterocycles. The summed E-state index contributed by atoms with van der Waals surface area (Å²) < 4.78 is 8.55. The monoisotopic (exact) mass is 164 g/mol. The maximum atomic E-state index is 8.55. The van der Waals surface area contributed by atoms with E-state index in [1.54, 1.807) is 0 Å². The van der Waals surface area contributed by atoms with Crippen LogP contribution < -0.4 is 14.7 Å². The molecule has 0 aromatic carbocycles. The van der Waals surface area contributed by atoms with Crippen LogP contribution in [0, 0.1) is 0 Å². The Morgan fingerprint density at radius 1 is 1.14 bits per heavy atom. The van der Waals surface area contributed by atoms with Crippen molar-refractivity contribution in [3.05, 3.63) is 0 Å². The number of hydrogen-bond donors (Lipinski definition) is 0. The number of phosphoric acid groups is 1. The molecule has 7 heavy (non-hydrogen) atoms. The van der Waals surface area contributed by atoms with Gasteiger partial charge >= 0.3 is 0 Å². The fourth-order valence-electron chi connectivity index (χ4n) is 0. The molecule has 0 bridgehead atoms. The minimum Gasteiger partial charge on any atom is -0.822 e. The Balaban J connectivity index is -0.0000000800. The van der Waals surface area contributed by atoms with Crippen LogP contribution in [0.25, 0.3) is 0 Å². The summed E-state index contributed by atoms with van der Waals surface area (Å²) in [6.07, 6.45) is 0. The molecule has 1 radical (unpaired) electrons. The zero-order valence-electron chi connectivity index (χ0n) is 3.03. The molecule has 0 rings (SSSR count). The fourth-order valence-corrected chi connectivity index (χ4v) is 0. The van der Waals surface area contributed by atoms with E-state index in [4.69, 9.17) is 19.2 Å². The van der Waals surface area contributed by atoms with Gasteiger partial charge in [0.1, 0.15) is 0 Å². The molecule has 7 heteroatoms. The van der Waals surface area contributed by atoms with E-state index in [0.717, 1.165) is 0 Å². The predicted octanol–water partition coefficient (Wildman–Crippen LogP) is -3.65. The predicted molar refractivity (Wildman–Crippen MR) is 11.2 cm³/mol. The first-order chi connectivity index (χ1) is 2.00. The molecule has 0 saturated heterocycles. The van der Waals surface area contributed by atoms with Gasteiger partial charge in [-0.2, -0.15) is 7.82 Å². The Bertz CT molecular complexity index is 54.2. The van der Waals surface area contributed by atoms with Crippen LogP contribution in [0.15, 0.2) is 0 Å². The largest absolute Gasteiger partial charge is 0.822 e. The second-order valence-electron chi connectivity index (χ2n) is 0.447. The van der Waals surface area contributed by atoms with Crippen LogP contribution in [0.1, 0.15) is 0 Å². The van der Waals surface area contributed by atoms with Crippen molar-refractivity contribution in [3.8, 4) is 0 Å². The van der Waals surface area contributed by atoms with E-state index in [9.17, 15) is 0 Å². The molecule has 0 aromatic heterocycles. The zero-order valence-corrected chi connectivity index (χ0v) is 5.32. The molecule has 0 aliphatic carbocycles. The second kappa shape index (κ2) is 4.80. The number of rotatable bonds is 0. The molecule has 0 saturated carbocycles. The van der Waals surface area contributed by atoms with Gasteiger partial charge < -0.3 is 24.7 Å². The van der Waals surface area contributed by atoms with E-state index >= 15 is 0 Å². The van der Waals surface area contributed by atoms with Crippen molar-refractivity contribution in [1.82, 2.24) is 0 Å². The third kappa shape index (κ3) is 337. The Morgan fingerprint density at radius 3 is 1.14 bits per heavy atom. The van der Waals surface area contributed by atoms with Crippen molar-refractivity contribution < 1.29 is 43.3 Å². The van der Waals surface area contributed by atoms with E-state index in [2.05, 4.69) is 0 Å². The van der Waals surface area contributed by atoms with Crippen molar-refractivity contribution >= 4 is 7.82 Å². The molecule has 0 heterocycles. The van der Waals surface area contributed by atoms with Crippen LogP contribution in [0.2, 0.25) is 0 Å². The molecule has 0 atom stereocenters. The van der Waals surface area contributed by atoms with Crippen LogP contribution in [-0.2, 0) is 23.1 Å². The van der Waals surface area contributed by atoms with Crippen LogP contribution in [0.5, 0.6) is 0 Å². The normalized spacial score (nSPS) is 8.43. The molecule has 5 nitrogen and oxygen atoms in total. The molecule has 0 amide bonds. The SMILES string of the molecule is O.O=P([O-])([O-])[O-].[V]. The topological polar surface area (TPSA) is 118 Å². The van der Waals surface area contributed by atoms with Gasteiger partial charge in [-0.15, -0.1) is 0 Å². The summed E-state index contributed by atoms with van der Waals surface area (Å²) in [5.41, 5.74) is 0. The molecule has 0 unspecified atom stereocenters. The summed E-state index contributed by atoms with van der Waals surface area (Å²) >= 11 is 0. The van der Waals surface area contributed by atoms with Gasteiger partial charge in [0.2, 0.25) is 0 Å². The summed E-state index contributed by atoms with van der Waals surface area (Å²) in [6, 6.07) is 0. The van der Waals surface area contributed by atoms with Gasteiger partial charge in [0.05, 0.1) is 0 Å². The Kier molecular flexibility index (Phi) is 10.7. The van der Waals surface area contributed by atoms with Gasteiger partial charge in [-0.05, 0) is 0 Å². The molecular weight excluding hydrogens is 162 g/mol. The van der Waals surface area contributed by atoms with Crippen molar-refractivity contribution in [2.45, 2.75) is 0 Å². The van der Waals surface area contributed by atoms with E-state index in [1.165, 1.54) is 0 Å². The quantitative estimate of drug-likeness (QED) is 0.343. The van der Waals surface area contributed by atoms with Gasteiger partial charge in [0.25, 0.3) is 0 Å². The molecule has 0 fully saturated rings. The van der Waals surface area contributed by atoms with Crippen LogP contribution in [-0.4, -0.2) is 5.48 Å². The van der Waals surface area contributed by atoms with Crippen LogP contribution >= 0.6 is 7.82 Å². The standard InChI is InChI=1S/H3O4P.H2O.V/c1-5(2,3)4;;/h(H3,1,2,3,4);1H2;/p-3. The minimum absolute atomic E-state index is 0. The summed E-state index contributed by atoms with van der Waals surface area (Å²) in [6.45, 7) is 0. The molecule has 0 aromatic rings. The van der Waals surface area contributed by atoms with Crippen LogP contribution in [0.3, 0.4) is 0 Å². The van der Waals surface area contributed by atoms with E-state index in [1.807, 2.05) is 0 Å². The fraction of sp³-hybridized carbons (Fsp3) is 0. The van der Waals surface area contributed by atoms with Gasteiger partial charge in [0, 0.05) is 18.6 Å². The summed E-state index contributed by atoms with van der Waals surface area (Å²) in [5.74, 6) is 0. The Hall–Kier alpha value is 0.654. The molecule has 0 spiro atoms. The minimum atomic E-state index is -5.39. The van der Waals surface area contributed by atoms with Gasteiger partial charge in [-0.25, -0.2) is 0 Å². The van der Waals surface area contributed by atoms with Crippen molar-refractivity contribution in [3.63, 3.8) is 0 Å². The van der Waals surface area contributed by atoms with Crippen molar-refractivity contribution in [2.24, 2.45) is 0 Å². The van der Waals surface area contributed by atoms with Crippen molar-refractivity contribution in [1.29, 1.82) is 0 Å².